The molecule has 0 unspecified atom stereocenters. The third kappa shape index (κ3) is 4.73. The number of carbonyl (C=O) groups excluding carboxylic acids is 1. The second kappa shape index (κ2) is 8.03. The number of thiazole rings is 1. The van der Waals surface area contributed by atoms with Gasteiger partial charge in [0, 0.05) is 23.3 Å². The molecule has 4 nitrogen and oxygen atoms in total. The molecule has 0 amide bonds. The molecule has 0 atom stereocenters. The smallest absolute Gasteiger partial charge is 0.312 e. The maximum Gasteiger partial charge on any atom is 0.312 e. The molecule has 0 aliphatic heterocycles. The van der Waals surface area contributed by atoms with Crippen molar-refractivity contribution < 1.29 is 9.53 Å². The zero-order valence-corrected chi connectivity index (χ0v) is 15.1. The minimum Gasteiger partial charge on any atom is -0.461 e. The number of rotatable bonds is 6. The van der Waals surface area contributed by atoms with Crippen molar-refractivity contribution in [2.45, 2.75) is 32.8 Å². The fourth-order valence-electron chi connectivity index (χ4n) is 2.37. The highest BCUT2D eigenvalue weighted by Gasteiger charge is 2.10. The molecule has 1 aromatic carbocycles. The van der Waals surface area contributed by atoms with E-state index in [1.54, 1.807) is 12.4 Å². The number of carbonyl (C=O) groups is 1. The lowest BCUT2D eigenvalue weighted by Gasteiger charge is -2.07. The lowest BCUT2D eigenvalue weighted by Crippen LogP contribution is -2.08. The summed E-state index contributed by atoms with van der Waals surface area (Å²) < 4.78 is 5.36. The molecule has 0 aliphatic rings. The summed E-state index contributed by atoms with van der Waals surface area (Å²) in [7, 11) is 0. The first-order chi connectivity index (χ1) is 12.1. The molecule has 0 spiro atoms. The van der Waals surface area contributed by atoms with Crippen LogP contribution in [-0.2, 0) is 22.6 Å². The monoisotopic (exact) mass is 352 g/mol. The van der Waals surface area contributed by atoms with Crippen molar-refractivity contribution in [3.8, 4) is 10.6 Å². The first kappa shape index (κ1) is 17.3. The predicted octanol–water partition coefficient (Wildman–Crippen LogP) is 4.61. The van der Waals surface area contributed by atoms with E-state index in [1.807, 2.05) is 29.6 Å². The minimum atomic E-state index is -0.268. The molecular weight excluding hydrogens is 332 g/mol. The number of nitrogens with zero attached hydrogens (tertiary/aromatic N) is 2. The van der Waals surface area contributed by atoms with E-state index in [-0.39, 0.29) is 19.0 Å². The average molecular weight is 352 g/mol. The van der Waals surface area contributed by atoms with Crippen LogP contribution in [0.15, 0.2) is 54.2 Å². The Morgan fingerprint density at radius 2 is 2.00 bits per heavy atom. The van der Waals surface area contributed by atoms with E-state index in [0.717, 1.165) is 21.8 Å². The summed E-state index contributed by atoms with van der Waals surface area (Å²) in [5, 5.41) is 2.75. The zero-order chi connectivity index (χ0) is 17.6. The Kier molecular flexibility index (Phi) is 5.56. The van der Waals surface area contributed by atoms with E-state index in [1.165, 1.54) is 16.9 Å². The molecule has 3 rings (SSSR count). The van der Waals surface area contributed by atoms with Crippen molar-refractivity contribution in [3.63, 3.8) is 0 Å². The number of hydrogen-bond acceptors (Lipinski definition) is 5. The van der Waals surface area contributed by atoms with Gasteiger partial charge in [-0.15, -0.1) is 11.3 Å². The van der Waals surface area contributed by atoms with Crippen LogP contribution >= 0.6 is 11.3 Å². The SMILES string of the molecule is CC(C)c1ccc(COC(=O)Cc2csc(-c3cccnc3)n2)cc1. The van der Waals surface area contributed by atoms with Crippen molar-refractivity contribution in [1.29, 1.82) is 0 Å². The van der Waals surface area contributed by atoms with Crippen LogP contribution in [0.3, 0.4) is 0 Å². The van der Waals surface area contributed by atoms with Gasteiger partial charge in [0.15, 0.2) is 0 Å². The summed E-state index contributed by atoms with van der Waals surface area (Å²) in [5.74, 6) is 0.228. The van der Waals surface area contributed by atoms with Gasteiger partial charge in [-0.1, -0.05) is 38.1 Å². The summed E-state index contributed by atoms with van der Waals surface area (Å²) >= 11 is 1.50. The number of esters is 1. The van der Waals surface area contributed by atoms with Gasteiger partial charge in [-0.25, -0.2) is 4.98 Å². The number of pyridine rings is 1. The van der Waals surface area contributed by atoms with Gasteiger partial charge in [0.2, 0.25) is 0 Å². The third-order valence-electron chi connectivity index (χ3n) is 3.83. The quantitative estimate of drug-likeness (QED) is 0.608. The number of aromatic nitrogens is 2. The molecule has 5 heteroatoms. The molecule has 2 aromatic heterocycles. The van der Waals surface area contributed by atoms with Crippen molar-refractivity contribution in [2.75, 3.05) is 0 Å². The van der Waals surface area contributed by atoms with Crippen LogP contribution in [-0.4, -0.2) is 15.9 Å². The topological polar surface area (TPSA) is 52.1 Å². The van der Waals surface area contributed by atoms with Crippen LogP contribution in [0.4, 0.5) is 0 Å². The highest BCUT2D eigenvalue weighted by Crippen LogP contribution is 2.23. The van der Waals surface area contributed by atoms with Gasteiger partial charge in [-0.05, 0) is 29.2 Å². The summed E-state index contributed by atoms with van der Waals surface area (Å²) in [5.41, 5.74) is 3.95. The zero-order valence-electron chi connectivity index (χ0n) is 14.3. The first-order valence-electron chi connectivity index (χ1n) is 8.21. The van der Waals surface area contributed by atoms with Gasteiger partial charge >= 0.3 is 5.97 Å². The molecule has 2 heterocycles. The maximum absolute atomic E-state index is 12.0. The van der Waals surface area contributed by atoms with Crippen LogP contribution in [0, 0.1) is 0 Å². The van der Waals surface area contributed by atoms with Crippen molar-refractivity contribution >= 4 is 17.3 Å². The van der Waals surface area contributed by atoms with E-state index in [0.29, 0.717) is 5.92 Å². The maximum atomic E-state index is 12.0. The van der Waals surface area contributed by atoms with Crippen molar-refractivity contribution in [2.24, 2.45) is 0 Å². The Bertz CT molecular complexity index is 826. The summed E-state index contributed by atoms with van der Waals surface area (Å²) in [4.78, 5) is 20.6. The molecule has 0 N–H and O–H groups in total. The summed E-state index contributed by atoms with van der Waals surface area (Å²) in [6, 6.07) is 12.0. The lowest BCUT2D eigenvalue weighted by atomic mass is 10.0. The molecule has 0 aliphatic carbocycles. The van der Waals surface area contributed by atoms with E-state index < -0.39 is 0 Å². The van der Waals surface area contributed by atoms with Gasteiger partial charge in [0.05, 0.1) is 12.1 Å². The fraction of sp³-hybridized carbons (Fsp3) is 0.250. The average Bonchev–Trinajstić information content (AvgIpc) is 3.09. The third-order valence-corrected chi connectivity index (χ3v) is 4.77. The van der Waals surface area contributed by atoms with E-state index >= 15 is 0 Å². The van der Waals surface area contributed by atoms with Gasteiger partial charge < -0.3 is 4.74 Å². The van der Waals surface area contributed by atoms with Crippen LogP contribution in [0.2, 0.25) is 0 Å². The second-order valence-corrected chi connectivity index (χ2v) is 6.98. The summed E-state index contributed by atoms with van der Waals surface area (Å²) in [6.45, 7) is 4.60. The largest absolute Gasteiger partial charge is 0.461 e. The van der Waals surface area contributed by atoms with Crippen LogP contribution < -0.4 is 0 Å². The molecule has 0 fully saturated rings. The molecule has 0 bridgehead atoms. The second-order valence-electron chi connectivity index (χ2n) is 6.12. The molecular formula is C20H20N2O2S. The molecule has 128 valence electrons. The van der Waals surface area contributed by atoms with Crippen LogP contribution in [0.25, 0.3) is 10.6 Å². The van der Waals surface area contributed by atoms with Crippen molar-refractivity contribution in [1.82, 2.24) is 9.97 Å². The molecule has 3 aromatic rings. The fourth-order valence-corrected chi connectivity index (χ4v) is 3.18. The van der Waals surface area contributed by atoms with Crippen molar-refractivity contribution in [3.05, 3.63) is 71.0 Å². The van der Waals surface area contributed by atoms with Crippen LogP contribution in [0.5, 0.6) is 0 Å². The highest BCUT2D eigenvalue weighted by molar-refractivity contribution is 7.13. The molecule has 25 heavy (non-hydrogen) atoms. The first-order valence-corrected chi connectivity index (χ1v) is 9.09. The van der Waals surface area contributed by atoms with Gasteiger partial charge in [-0.2, -0.15) is 0 Å². The molecule has 0 saturated carbocycles. The Balaban J connectivity index is 1.53. The standard InChI is InChI=1S/C20H20N2O2S/c1-14(2)16-7-5-15(6-8-16)12-24-19(23)10-18-13-25-20(22-18)17-4-3-9-21-11-17/h3-9,11,13-14H,10,12H2,1-2H3. The number of hydrogen-bond donors (Lipinski definition) is 0. The lowest BCUT2D eigenvalue weighted by molar-refractivity contribution is -0.144. The van der Waals surface area contributed by atoms with E-state index in [2.05, 4.69) is 35.9 Å². The predicted molar refractivity (Wildman–Crippen MR) is 99.4 cm³/mol. The molecule has 0 saturated heterocycles. The van der Waals surface area contributed by atoms with Crippen LogP contribution in [0.1, 0.15) is 36.6 Å². The van der Waals surface area contributed by atoms with Gasteiger partial charge in [0.1, 0.15) is 11.6 Å². The Hall–Kier alpha value is -2.53. The minimum absolute atomic E-state index is 0.181. The van der Waals surface area contributed by atoms with E-state index in [4.69, 9.17) is 4.74 Å². The number of benzene rings is 1. The highest BCUT2D eigenvalue weighted by atomic mass is 32.1. The Labute approximate surface area is 151 Å². The Morgan fingerprint density at radius 1 is 1.20 bits per heavy atom. The Morgan fingerprint density at radius 3 is 2.68 bits per heavy atom. The molecule has 0 radical (unpaired) electrons. The van der Waals surface area contributed by atoms with E-state index in [9.17, 15) is 4.79 Å². The number of ether oxygens (including phenoxy) is 1. The van der Waals surface area contributed by atoms with Gasteiger partial charge in [-0.3, -0.25) is 9.78 Å². The summed E-state index contributed by atoms with van der Waals surface area (Å²) in [6.07, 6.45) is 3.67. The van der Waals surface area contributed by atoms with Gasteiger partial charge in [0.25, 0.3) is 0 Å². The normalized spacial score (nSPS) is 10.8.